The van der Waals surface area contributed by atoms with Gasteiger partial charge in [-0.2, -0.15) is 0 Å². The number of ketones is 1. The molecule has 0 bridgehead atoms. The molecule has 0 N–H and O–H groups in total. The third-order valence-electron chi connectivity index (χ3n) is 3.08. The fraction of sp³-hybridized carbons (Fsp3) is 0.917. The summed E-state index contributed by atoms with van der Waals surface area (Å²) in [6.07, 6.45) is 0.671. The van der Waals surface area contributed by atoms with Crippen molar-refractivity contribution in [3.8, 4) is 0 Å². The third-order valence-corrected chi connectivity index (χ3v) is 3.08. The zero-order chi connectivity index (χ0) is 11.5. The Labute approximate surface area is 92.8 Å². The van der Waals surface area contributed by atoms with E-state index in [9.17, 15) is 4.79 Å². The van der Waals surface area contributed by atoms with Gasteiger partial charge in [0.05, 0.1) is 18.8 Å². The Balaban J connectivity index is 2.58. The van der Waals surface area contributed by atoms with Crippen molar-refractivity contribution in [1.29, 1.82) is 0 Å². The molecule has 15 heavy (non-hydrogen) atoms. The summed E-state index contributed by atoms with van der Waals surface area (Å²) >= 11 is 0. The van der Waals surface area contributed by atoms with Crippen molar-refractivity contribution < 1.29 is 9.53 Å². The molecule has 0 aromatic heterocycles. The van der Waals surface area contributed by atoms with Crippen molar-refractivity contribution in [2.75, 3.05) is 26.3 Å². The van der Waals surface area contributed by atoms with Crippen molar-refractivity contribution in [3.63, 3.8) is 0 Å². The fourth-order valence-corrected chi connectivity index (χ4v) is 1.92. The Bertz CT molecular complexity index is 218. The number of carbonyl (C=O) groups excluding carboxylic acids is 1. The minimum Gasteiger partial charge on any atom is -0.379 e. The molecule has 3 nitrogen and oxygen atoms in total. The van der Waals surface area contributed by atoms with Crippen molar-refractivity contribution >= 4 is 5.78 Å². The number of Topliss-reactive ketones (excluding diaryl/α,β-unsaturated/α-hetero) is 1. The van der Waals surface area contributed by atoms with Gasteiger partial charge in [-0.15, -0.1) is 0 Å². The number of carbonyl (C=O) groups is 1. The molecule has 0 aromatic rings. The van der Waals surface area contributed by atoms with Gasteiger partial charge >= 0.3 is 0 Å². The van der Waals surface area contributed by atoms with Crippen LogP contribution in [0.5, 0.6) is 0 Å². The van der Waals surface area contributed by atoms with Crippen LogP contribution in [0.4, 0.5) is 0 Å². The molecular formula is C12H23NO2. The maximum Gasteiger partial charge on any atom is 0.152 e. The molecule has 0 spiro atoms. The normalized spacial score (nSPS) is 19.5. The lowest BCUT2D eigenvalue weighted by Crippen LogP contribution is -2.54. The lowest BCUT2D eigenvalue weighted by atomic mass is 9.90. The minimum absolute atomic E-state index is 0.325. The van der Waals surface area contributed by atoms with E-state index in [4.69, 9.17) is 4.74 Å². The van der Waals surface area contributed by atoms with Crippen LogP contribution in [0.1, 0.15) is 34.1 Å². The van der Waals surface area contributed by atoms with Gasteiger partial charge in [0.25, 0.3) is 0 Å². The molecule has 1 aliphatic heterocycles. The highest BCUT2D eigenvalue weighted by atomic mass is 16.5. The number of hydrogen-bond donors (Lipinski definition) is 0. The molecule has 0 amide bonds. The fourth-order valence-electron chi connectivity index (χ4n) is 1.92. The molecule has 1 aliphatic rings. The van der Waals surface area contributed by atoms with Crippen LogP contribution in [-0.2, 0) is 9.53 Å². The Morgan fingerprint density at radius 2 is 1.87 bits per heavy atom. The first kappa shape index (κ1) is 12.7. The second kappa shape index (κ2) is 5.08. The Hall–Kier alpha value is -0.410. The van der Waals surface area contributed by atoms with Crippen molar-refractivity contribution in [2.24, 2.45) is 5.92 Å². The van der Waals surface area contributed by atoms with E-state index in [2.05, 4.69) is 18.7 Å². The smallest absolute Gasteiger partial charge is 0.152 e. The van der Waals surface area contributed by atoms with Gasteiger partial charge in [-0.05, 0) is 19.8 Å². The molecule has 0 aliphatic carbocycles. The molecule has 88 valence electrons. The zero-order valence-corrected chi connectivity index (χ0v) is 10.4. The second-order valence-electron chi connectivity index (χ2n) is 5.18. The van der Waals surface area contributed by atoms with E-state index in [1.54, 1.807) is 0 Å². The number of rotatable bonds is 4. The summed E-state index contributed by atoms with van der Waals surface area (Å²) in [6.45, 7) is 11.5. The lowest BCUT2D eigenvalue weighted by Gasteiger charge is -2.39. The summed E-state index contributed by atoms with van der Waals surface area (Å²) in [7, 11) is 0. The van der Waals surface area contributed by atoms with Crippen molar-refractivity contribution in [1.82, 2.24) is 4.90 Å². The first-order valence-electron chi connectivity index (χ1n) is 5.80. The van der Waals surface area contributed by atoms with Crippen molar-refractivity contribution in [3.05, 3.63) is 0 Å². The first-order chi connectivity index (χ1) is 6.94. The Kier molecular flexibility index (Phi) is 4.29. The van der Waals surface area contributed by atoms with E-state index in [0.717, 1.165) is 26.3 Å². The molecule has 3 heteroatoms. The topological polar surface area (TPSA) is 29.5 Å². The molecule has 1 heterocycles. The van der Waals surface area contributed by atoms with E-state index in [0.29, 0.717) is 18.1 Å². The van der Waals surface area contributed by atoms with E-state index < -0.39 is 0 Å². The van der Waals surface area contributed by atoms with E-state index in [1.165, 1.54) is 0 Å². The summed E-state index contributed by atoms with van der Waals surface area (Å²) in [5.74, 6) is 0.789. The molecule has 1 saturated heterocycles. The molecule has 0 unspecified atom stereocenters. The molecule has 1 fully saturated rings. The predicted octanol–water partition coefficient (Wildman–Crippen LogP) is 1.71. The number of nitrogens with zero attached hydrogens (tertiary/aromatic N) is 1. The summed E-state index contributed by atoms with van der Waals surface area (Å²) < 4.78 is 5.30. The van der Waals surface area contributed by atoms with Gasteiger partial charge in [0.15, 0.2) is 5.78 Å². The molecule has 0 radical (unpaired) electrons. The molecule has 0 atom stereocenters. The Morgan fingerprint density at radius 1 is 1.33 bits per heavy atom. The van der Waals surface area contributed by atoms with Crippen LogP contribution in [-0.4, -0.2) is 42.5 Å². The predicted molar refractivity (Wildman–Crippen MR) is 60.9 cm³/mol. The first-order valence-corrected chi connectivity index (χ1v) is 5.80. The van der Waals surface area contributed by atoms with Gasteiger partial charge in [0.2, 0.25) is 0 Å². The van der Waals surface area contributed by atoms with Crippen LogP contribution >= 0.6 is 0 Å². The van der Waals surface area contributed by atoms with Crippen LogP contribution in [0.25, 0.3) is 0 Å². The van der Waals surface area contributed by atoms with Gasteiger partial charge in [-0.1, -0.05) is 13.8 Å². The molecule has 1 rings (SSSR count). The largest absolute Gasteiger partial charge is 0.379 e. The molecular weight excluding hydrogens is 190 g/mol. The lowest BCUT2D eigenvalue weighted by molar-refractivity contribution is -0.133. The van der Waals surface area contributed by atoms with Crippen LogP contribution in [0.3, 0.4) is 0 Å². The van der Waals surface area contributed by atoms with Crippen LogP contribution in [0, 0.1) is 5.92 Å². The number of morpholine rings is 1. The third kappa shape index (κ3) is 3.28. The Morgan fingerprint density at radius 3 is 2.33 bits per heavy atom. The van der Waals surface area contributed by atoms with E-state index >= 15 is 0 Å². The van der Waals surface area contributed by atoms with E-state index in [1.807, 2.05) is 13.8 Å². The molecule has 0 saturated carbocycles. The minimum atomic E-state index is -0.325. The number of ether oxygens (including phenoxy) is 1. The summed E-state index contributed by atoms with van der Waals surface area (Å²) in [5, 5.41) is 0. The van der Waals surface area contributed by atoms with Gasteiger partial charge in [-0.3, -0.25) is 9.69 Å². The second-order valence-corrected chi connectivity index (χ2v) is 5.18. The average molecular weight is 213 g/mol. The van der Waals surface area contributed by atoms with Crippen molar-refractivity contribution in [2.45, 2.75) is 39.7 Å². The number of hydrogen-bond acceptors (Lipinski definition) is 3. The maximum absolute atomic E-state index is 12.1. The monoisotopic (exact) mass is 213 g/mol. The van der Waals surface area contributed by atoms with Crippen LogP contribution in [0.15, 0.2) is 0 Å². The summed E-state index contributed by atoms with van der Waals surface area (Å²) in [5.41, 5.74) is -0.325. The standard InChI is InChI=1S/C12H23NO2/c1-10(2)9-11(14)12(3,4)13-5-7-15-8-6-13/h10H,5-9H2,1-4H3. The van der Waals surface area contributed by atoms with Crippen LogP contribution in [0.2, 0.25) is 0 Å². The van der Waals surface area contributed by atoms with E-state index in [-0.39, 0.29) is 5.54 Å². The maximum atomic E-state index is 12.1. The van der Waals surface area contributed by atoms with Gasteiger partial charge in [-0.25, -0.2) is 0 Å². The highest BCUT2D eigenvalue weighted by Gasteiger charge is 2.34. The van der Waals surface area contributed by atoms with Gasteiger partial charge < -0.3 is 4.74 Å². The highest BCUT2D eigenvalue weighted by Crippen LogP contribution is 2.20. The van der Waals surface area contributed by atoms with Gasteiger partial charge in [0.1, 0.15) is 0 Å². The SMILES string of the molecule is CC(C)CC(=O)C(C)(C)N1CCOCC1. The quantitative estimate of drug-likeness (QED) is 0.712. The molecule has 0 aromatic carbocycles. The van der Waals surface area contributed by atoms with Gasteiger partial charge in [0, 0.05) is 19.5 Å². The van der Waals surface area contributed by atoms with Crippen LogP contribution < -0.4 is 0 Å². The summed E-state index contributed by atoms with van der Waals surface area (Å²) in [4.78, 5) is 14.3. The average Bonchev–Trinajstić information content (AvgIpc) is 2.18. The zero-order valence-electron chi connectivity index (χ0n) is 10.4. The highest BCUT2D eigenvalue weighted by molar-refractivity contribution is 5.87. The summed E-state index contributed by atoms with van der Waals surface area (Å²) in [6, 6.07) is 0.